The lowest BCUT2D eigenvalue weighted by atomic mass is 10.1. The van der Waals surface area contributed by atoms with Crippen LogP contribution in [0.25, 0.3) is 16.9 Å². The molecular weight excluding hydrogens is 332 g/mol. The summed E-state index contributed by atoms with van der Waals surface area (Å²) in [6, 6.07) is 9.39. The second-order valence-electron chi connectivity index (χ2n) is 4.84. The molecule has 2 N–H and O–H groups in total. The molecule has 0 bridgehead atoms. The van der Waals surface area contributed by atoms with Gasteiger partial charge < -0.3 is 5.11 Å². The molecular formula is C16H9ClN4O3. The number of aromatic nitrogens is 3. The molecule has 2 aromatic heterocycles. The molecule has 0 aliphatic heterocycles. The Bertz CT molecular complexity index is 1030. The second kappa shape index (κ2) is 6.02. The van der Waals surface area contributed by atoms with Crippen LogP contribution in [0.2, 0.25) is 5.02 Å². The normalized spacial score (nSPS) is 10.3. The van der Waals surface area contributed by atoms with Crippen LogP contribution in [0.4, 0.5) is 0 Å². The summed E-state index contributed by atoms with van der Waals surface area (Å²) >= 11 is 6.13. The molecule has 0 atom stereocenters. The summed E-state index contributed by atoms with van der Waals surface area (Å²) in [5, 5.41) is 20.8. The van der Waals surface area contributed by atoms with E-state index in [4.69, 9.17) is 22.0 Å². The largest absolute Gasteiger partial charge is 0.478 e. The molecule has 0 radical (unpaired) electrons. The van der Waals surface area contributed by atoms with E-state index in [0.717, 1.165) is 0 Å². The molecule has 3 aromatic rings. The van der Waals surface area contributed by atoms with E-state index in [1.807, 2.05) is 6.07 Å². The number of aromatic carboxylic acids is 1. The maximum Gasteiger partial charge on any atom is 0.337 e. The van der Waals surface area contributed by atoms with Gasteiger partial charge in [-0.15, -0.1) is 0 Å². The van der Waals surface area contributed by atoms with E-state index >= 15 is 0 Å². The number of nitriles is 1. The van der Waals surface area contributed by atoms with E-state index in [2.05, 4.69) is 10.1 Å². The summed E-state index contributed by atoms with van der Waals surface area (Å²) in [6.45, 7) is 0. The van der Waals surface area contributed by atoms with Crippen LogP contribution in [0.15, 0.2) is 47.5 Å². The zero-order valence-electron chi connectivity index (χ0n) is 12.0. The average Bonchev–Trinajstić information content (AvgIpc) is 2.96. The molecule has 7 nitrogen and oxygen atoms in total. The van der Waals surface area contributed by atoms with Crippen molar-refractivity contribution in [2.45, 2.75) is 0 Å². The van der Waals surface area contributed by atoms with Gasteiger partial charge in [-0.1, -0.05) is 17.7 Å². The van der Waals surface area contributed by atoms with E-state index in [-0.39, 0.29) is 16.4 Å². The number of carboxylic acid groups (broad SMARTS) is 1. The number of benzene rings is 1. The molecule has 0 saturated carbocycles. The summed E-state index contributed by atoms with van der Waals surface area (Å²) < 4.78 is 1.18. The zero-order chi connectivity index (χ0) is 17.3. The summed E-state index contributed by atoms with van der Waals surface area (Å²) in [5.74, 6) is -0.848. The van der Waals surface area contributed by atoms with Crippen molar-refractivity contribution in [3.05, 3.63) is 69.2 Å². The minimum absolute atomic E-state index is 0.0220. The molecule has 24 heavy (non-hydrogen) atoms. The van der Waals surface area contributed by atoms with Crippen LogP contribution in [0.3, 0.4) is 0 Å². The van der Waals surface area contributed by atoms with Gasteiger partial charge in [0.15, 0.2) is 5.82 Å². The molecule has 118 valence electrons. The third-order valence-corrected chi connectivity index (χ3v) is 3.70. The maximum absolute atomic E-state index is 12.5. The third kappa shape index (κ3) is 2.66. The van der Waals surface area contributed by atoms with Crippen molar-refractivity contribution in [2.24, 2.45) is 0 Å². The topological polar surface area (TPSA) is 112 Å². The smallest absolute Gasteiger partial charge is 0.337 e. The van der Waals surface area contributed by atoms with Crippen molar-refractivity contribution in [3.8, 4) is 23.0 Å². The molecule has 2 heterocycles. The molecule has 0 amide bonds. The number of hydrogen-bond acceptors (Lipinski definition) is 4. The van der Waals surface area contributed by atoms with E-state index in [1.54, 1.807) is 12.1 Å². The van der Waals surface area contributed by atoms with Crippen LogP contribution in [-0.2, 0) is 0 Å². The lowest BCUT2D eigenvalue weighted by Gasteiger charge is -2.02. The Morgan fingerprint density at radius 2 is 2.08 bits per heavy atom. The predicted octanol–water partition coefficient (Wildman–Crippen LogP) is 2.45. The highest BCUT2D eigenvalue weighted by molar-refractivity contribution is 6.33. The SMILES string of the molecule is N#Cc1ccc(-c2c[nH]n(-c3ccc(C(=O)O)cn3)c2=O)c(Cl)c1. The summed E-state index contributed by atoms with van der Waals surface area (Å²) in [5.41, 5.74) is 0.822. The predicted molar refractivity (Wildman–Crippen MR) is 86.3 cm³/mol. The van der Waals surface area contributed by atoms with Gasteiger partial charge in [0.25, 0.3) is 5.56 Å². The van der Waals surface area contributed by atoms with Gasteiger partial charge >= 0.3 is 5.97 Å². The highest BCUT2D eigenvalue weighted by Crippen LogP contribution is 2.26. The minimum Gasteiger partial charge on any atom is -0.478 e. The molecule has 1 aromatic carbocycles. The number of carboxylic acids is 1. The van der Waals surface area contributed by atoms with Crippen molar-refractivity contribution in [3.63, 3.8) is 0 Å². The lowest BCUT2D eigenvalue weighted by Crippen LogP contribution is -2.17. The summed E-state index contributed by atoms with van der Waals surface area (Å²) in [6.07, 6.45) is 2.64. The van der Waals surface area contributed by atoms with Gasteiger partial charge in [0.1, 0.15) is 0 Å². The first kappa shape index (κ1) is 15.5. The Morgan fingerprint density at radius 1 is 1.29 bits per heavy atom. The van der Waals surface area contributed by atoms with Crippen LogP contribution in [0.1, 0.15) is 15.9 Å². The van der Waals surface area contributed by atoms with Crippen molar-refractivity contribution < 1.29 is 9.90 Å². The van der Waals surface area contributed by atoms with Gasteiger partial charge in [-0.05, 0) is 24.3 Å². The monoisotopic (exact) mass is 340 g/mol. The van der Waals surface area contributed by atoms with Gasteiger partial charge in [-0.25, -0.2) is 14.5 Å². The number of H-pyrrole nitrogens is 1. The van der Waals surface area contributed by atoms with Gasteiger partial charge in [-0.3, -0.25) is 9.89 Å². The summed E-state index contributed by atoms with van der Waals surface area (Å²) in [7, 11) is 0. The lowest BCUT2D eigenvalue weighted by molar-refractivity contribution is 0.0696. The highest BCUT2D eigenvalue weighted by Gasteiger charge is 2.14. The fourth-order valence-corrected chi connectivity index (χ4v) is 2.46. The first-order valence-corrected chi connectivity index (χ1v) is 7.09. The number of hydrogen-bond donors (Lipinski definition) is 2. The van der Waals surface area contributed by atoms with Gasteiger partial charge in [0, 0.05) is 23.0 Å². The Balaban J connectivity index is 2.05. The number of carbonyl (C=O) groups is 1. The Morgan fingerprint density at radius 3 is 2.67 bits per heavy atom. The van der Waals surface area contributed by atoms with Crippen molar-refractivity contribution in [1.82, 2.24) is 14.8 Å². The van der Waals surface area contributed by atoms with Crippen molar-refractivity contribution >= 4 is 17.6 Å². The number of halogens is 1. The van der Waals surface area contributed by atoms with Gasteiger partial charge in [-0.2, -0.15) is 5.26 Å². The molecule has 8 heteroatoms. The van der Waals surface area contributed by atoms with Crippen LogP contribution >= 0.6 is 11.6 Å². The summed E-state index contributed by atoms with van der Waals surface area (Å²) in [4.78, 5) is 27.4. The molecule has 0 saturated heterocycles. The van der Waals surface area contributed by atoms with Gasteiger partial charge in [0.05, 0.1) is 22.8 Å². The van der Waals surface area contributed by atoms with E-state index in [1.165, 1.54) is 35.3 Å². The third-order valence-electron chi connectivity index (χ3n) is 3.38. The standard InChI is InChI=1S/C16H9ClN4O3/c17-13-5-9(6-18)1-3-11(13)12-8-20-21(15(12)22)14-4-2-10(7-19-14)16(23)24/h1-5,7-8,20H,(H,23,24). The van der Waals surface area contributed by atoms with E-state index < -0.39 is 11.5 Å². The molecule has 0 aliphatic carbocycles. The molecule has 0 aliphatic rings. The Labute approximate surface area is 140 Å². The first-order chi connectivity index (χ1) is 11.5. The first-order valence-electron chi connectivity index (χ1n) is 6.71. The average molecular weight is 341 g/mol. The van der Waals surface area contributed by atoms with Gasteiger partial charge in [0.2, 0.25) is 0 Å². The quantitative estimate of drug-likeness (QED) is 0.760. The molecule has 0 fully saturated rings. The Kier molecular flexibility index (Phi) is 3.90. The number of pyridine rings is 1. The van der Waals surface area contributed by atoms with Crippen LogP contribution in [0.5, 0.6) is 0 Å². The van der Waals surface area contributed by atoms with E-state index in [0.29, 0.717) is 16.7 Å². The fourth-order valence-electron chi connectivity index (χ4n) is 2.18. The molecule has 3 rings (SSSR count). The number of nitrogens with zero attached hydrogens (tertiary/aromatic N) is 3. The zero-order valence-corrected chi connectivity index (χ0v) is 12.8. The van der Waals surface area contributed by atoms with Crippen LogP contribution < -0.4 is 5.56 Å². The highest BCUT2D eigenvalue weighted by atomic mass is 35.5. The Hall–Kier alpha value is -3.37. The maximum atomic E-state index is 12.5. The molecule has 0 unspecified atom stereocenters. The van der Waals surface area contributed by atoms with Crippen LogP contribution in [0, 0.1) is 11.3 Å². The number of aromatic amines is 1. The minimum atomic E-state index is -1.10. The van der Waals surface area contributed by atoms with Crippen molar-refractivity contribution in [2.75, 3.05) is 0 Å². The number of rotatable bonds is 3. The second-order valence-corrected chi connectivity index (χ2v) is 5.25. The van der Waals surface area contributed by atoms with E-state index in [9.17, 15) is 9.59 Å². The van der Waals surface area contributed by atoms with Crippen molar-refractivity contribution in [1.29, 1.82) is 5.26 Å². The number of nitrogens with one attached hydrogen (secondary N) is 1. The van der Waals surface area contributed by atoms with Crippen LogP contribution in [-0.4, -0.2) is 25.8 Å². The fraction of sp³-hybridized carbons (Fsp3) is 0. The molecule has 0 spiro atoms.